The smallest absolute Gasteiger partial charge is 0.414 e. The van der Waals surface area contributed by atoms with E-state index >= 15 is 8.78 Å². The molecule has 0 spiro atoms. The predicted octanol–water partition coefficient (Wildman–Crippen LogP) is 3.86. The highest BCUT2D eigenvalue weighted by molar-refractivity contribution is 6.00. The summed E-state index contributed by atoms with van der Waals surface area (Å²) in [6, 6.07) is 4.60. The summed E-state index contributed by atoms with van der Waals surface area (Å²) >= 11 is 0. The number of nitrogens with zero attached hydrogens (tertiary/aromatic N) is 5. The number of aryl methyl sites for hydroxylation is 1. The molecule has 4 fully saturated rings. The summed E-state index contributed by atoms with van der Waals surface area (Å²) in [6.07, 6.45) is 0.0705. The average Bonchev–Trinajstić information content (AvgIpc) is 3.91. The van der Waals surface area contributed by atoms with Gasteiger partial charge >= 0.3 is 12.1 Å². The number of cyclic esters (lactones) is 1. The molecule has 54 heavy (non-hydrogen) atoms. The van der Waals surface area contributed by atoms with E-state index in [1.54, 1.807) is 19.1 Å². The lowest BCUT2D eigenvalue weighted by atomic mass is 10.00. The van der Waals surface area contributed by atoms with E-state index in [0.29, 0.717) is 68.5 Å². The Morgan fingerprint density at radius 2 is 1.80 bits per heavy atom. The zero-order valence-electron chi connectivity index (χ0n) is 31.2. The minimum Gasteiger partial charge on any atom is -0.492 e. The SMILES string of the molecule is COc1c(N2CCNC(C)C2)c(F)c(C)c2c(=O)c(C(=O)OCN(C[C@H]3CN(c4ccc(N5CCOCC5)c(F)c4)C(=O)O3)C(C)=O)c(C)n(C3CC3)c12. The lowest BCUT2D eigenvalue weighted by molar-refractivity contribution is -0.134. The third-order valence-corrected chi connectivity index (χ3v) is 10.7. The number of aromatic nitrogens is 1. The maximum absolute atomic E-state index is 16.4. The van der Waals surface area contributed by atoms with Crippen LogP contribution in [0, 0.1) is 25.5 Å². The highest BCUT2D eigenvalue weighted by Crippen LogP contribution is 2.46. The second-order valence-corrected chi connectivity index (χ2v) is 14.4. The first-order valence-corrected chi connectivity index (χ1v) is 18.4. The fourth-order valence-corrected chi connectivity index (χ4v) is 7.79. The molecule has 0 radical (unpaired) electrons. The van der Waals surface area contributed by atoms with Crippen LogP contribution in [0.2, 0.25) is 0 Å². The van der Waals surface area contributed by atoms with Crippen LogP contribution in [0.1, 0.15) is 54.3 Å². The molecule has 3 aliphatic heterocycles. The predicted molar refractivity (Wildman–Crippen MR) is 197 cm³/mol. The molecule has 1 aromatic heterocycles. The molecule has 290 valence electrons. The first kappa shape index (κ1) is 37.4. The zero-order chi connectivity index (χ0) is 38.4. The third-order valence-electron chi connectivity index (χ3n) is 10.7. The van der Waals surface area contributed by atoms with Crippen LogP contribution in [0.15, 0.2) is 23.0 Å². The molecular weight excluding hydrogens is 706 g/mol. The molecule has 3 saturated heterocycles. The number of piperazine rings is 1. The van der Waals surface area contributed by atoms with Gasteiger partial charge in [0.15, 0.2) is 18.3 Å². The maximum atomic E-state index is 16.4. The van der Waals surface area contributed by atoms with Crippen molar-refractivity contribution >= 4 is 45.9 Å². The van der Waals surface area contributed by atoms with E-state index in [2.05, 4.69) is 5.32 Å². The van der Waals surface area contributed by atoms with Crippen LogP contribution in [0.3, 0.4) is 0 Å². The molecule has 3 aromatic rings. The number of hydrogen-bond acceptors (Lipinski definition) is 11. The largest absolute Gasteiger partial charge is 0.492 e. The summed E-state index contributed by atoms with van der Waals surface area (Å²) in [6.45, 7) is 9.68. The van der Waals surface area contributed by atoms with E-state index in [1.807, 2.05) is 21.3 Å². The molecule has 1 aliphatic carbocycles. The van der Waals surface area contributed by atoms with E-state index in [-0.39, 0.29) is 53.1 Å². The van der Waals surface area contributed by atoms with Gasteiger partial charge in [-0.25, -0.2) is 18.4 Å². The number of fused-ring (bicyclic) bond motifs is 1. The molecule has 0 bridgehead atoms. The first-order valence-electron chi connectivity index (χ1n) is 18.4. The van der Waals surface area contributed by atoms with E-state index in [1.165, 1.54) is 36.8 Å². The molecular formula is C38H46F2N6O8. The van der Waals surface area contributed by atoms with Gasteiger partial charge in [-0.1, -0.05) is 0 Å². The van der Waals surface area contributed by atoms with Crippen LogP contribution in [0.4, 0.5) is 30.6 Å². The molecule has 1 saturated carbocycles. The number of carbonyl (C=O) groups excluding carboxylic acids is 3. The summed E-state index contributed by atoms with van der Waals surface area (Å²) in [4.78, 5) is 59.9. The lowest BCUT2D eigenvalue weighted by Crippen LogP contribution is -2.49. The fourth-order valence-electron chi connectivity index (χ4n) is 7.79. The topological polar surface area (TPSA) is 135 Å². The number of halogens is 2. The molecule has 1 N–H and O–H groups in total. The van der Waals surface area contributed by atoms with Gasteiger partial charge in [0.2, 0.25) is 11.3 Å². The number of nitrogens with one attached hydrogen (secondary N) is 1. The third kappa shape index (κ3) is 6.92. The van der Waals surface area contributed by atoms with Gasteiger partial charge in [0, 0.05) is 63.0 Å². The lowest BCUT2D eigenvalue weighted by Gasteiger charge is -2.35. The van der Waals surface area contributed by atoms with Crippen LogP contribution in [-0.4, -0.2) is 112 Å². The standard InChI is InChI=1S/C38H46F2N6O8/c1-21-17-43(11-10-41-21)34-32(40)22(2)30-33(36(34)51-5)46(25-6-7-25)23(3)31(35(30)48)37(49)53-20-44(24(4)47)18-27-19-45(38(50)54-27)26-8-9-29(28(39)16-26)42-12-14-52-15-13-42/h8-9,16,21,25,27,41H,6-7,10-15,17-20H2,1-5H3/t21?,27-/m0/s1. The number of rotatable bonds is 10. The Balaban J connectivity index is 1.11. The van der Waals surface area contributed by atoms with Crippen molar-refractivity contribution in [1.82, 2.24) is 14.8 Å². The second-order valence-electron chi connectivity index (χ2n) is 14.4. The molecule has 1 unspecified atom stereocenters. The summed E-state index contributed by atoms with van der Waals surface area (Å²) in [5, 5.41) is 3.40. The number of ether oxygens (including phenoxy) is 4. The van der Waals surface area contributed by atoms with Crippen molar-refractivity contribution < 1.29 is 42.1 Å². The minimum atomic E-state index is -0.972. The van der Waals surface area contributed by atoms with Crippen molar-refractivity contribution in [3.8, 4) is 5.75 Å². The van der Waals surface area contributed by atoms with Crippen LogP contribution < -0.4 is 30.2 Å². The molecule has 7 rings (SSSR count). The number of methoxy groups -OCH3 is 1. The van der Waals surface area contributed by atoms with Crippen molar-refractivity contribution in [2.45, 2.75) is 58.7 Å². The summed E-state index contributed by atoms with van der Waals surface area (Å²) in [5.41, 5.74) is 0.947. The Kier molecular flexibility index (Phi) is 10.4. The normalized spacial score (nSPS) is 20.4. The van der Waals surface area contributed by atoms with Gasteiger partial charge in [0.05, 0.1) is 55.7 Å². The highest BCUT2D eigenvalue weighted by Gasteiger charge is 2.37. The second kappa shape index (κ2) is 15.1. The van der Waals surface area contributed by atoms with Crippen LogP contribution in [0.25, 0.3) is 10.9 Å². The van der Waals surface area contributed by atoms with Crippen LogP contribution in [-0.2, 0) is 19.0 Å². The fraction of sp³-hybridized carbons (Fsp3) is 0.526. The van der Waals surface area contributed by atoms with Gasteiger partial charge in [0.1, 0.15) is 23.2 Å². The molecule has 16 heteroatoms. The van der Waals surface area contributed by atoms with E-state index in [4.69, 9.17) is 18.9 Å². The van der Waals surface area contributed by atoms with Crippen LogP contribution in [0.5, 0.6) is 5.75 Å². The number of hydrogen-bond donors (Lipinski definition) is 1. The number of amides is 2. The van der Waals surface area contributed by atoms with E-state index < -0.39 is 47.9 Å². The van der Waals surface area contributed by atoms with Crippen molar-refractivity contribution in [3.63, 3.8) is 0 Å². The number of pyridine rings is 1. The van der Waals surface area contributed by atoms with Crippen molar-refractivity contribution in [2.75, 3.05) is 87.6 Å². The molecule has 2 atom stereocenters. The van der Waals surface area contributed by atoms with Crippen molar-refractivity contribution in [3.05, 3.63) is 56.9 Å². The monoisotopic (exact) mass is 752 g/mol. The minimum absolute atomic E-state index is 0.0181. The highest BCUT2D eigenvalue weighted by atomic mass is 19.1. The number of esters is 1. The quantitative estimate of drug-likeness (QED) is 0.239. The molecule has 4 aliphatic rings. The maximum Gasteiger partial charge on any atom is 0.414 e. The zero-order valence-corrected chi connectivity index (χ0v) is 31.2. The number of benzene rings is 2. The van der Waals surface area contributed by atoms with Gasteiger partial charge in [0.25, 0.3) is 0 Å². The van der Waals surface area contributed by atoms with Crippen molar-refractivity contribution in [2.24, 2.45) is 0 Å². The average molecular weight is 753 g/mol. The van der Waals surface area contributed by atoms with Gasteiger partial charge in [-0.2, -0.15) is 0 Å². The van der Waals surface area contributed by atoms with Gasteiger partial charge in [-0.3, -0.25) is 14.5 Å². The Hall–Kier alpha value is -4.96. The molecule has 4 heterocycles. The van der Waals surface area contributed by atoms with Gasteiger partial charge < -0.3 is 43.5 Å². The summed E-state index contributed by atoms with van der Waals surface area (Å²) in [5.74, 6) is -2.28. The summed E-state index contributed by atoms with van der Waals surface area (Å²) in [7, 11) is 1.45. The van der Waals surface area contributed by atoms with E-state index in [0.717, 1.165) is 12.8 Å². The Labute approximate surface area is 311 Å². The number of carbonyl (C=O) groups is 3. The Bertz CT molecular complexity index is 2050. The van der Waals surface area contributed by atoms with Crippen LogP contribution >= 0.6 is 0 Å². The van der Waals surface area contributed by atoms with Crippen molar-refractivity contribution in [1.29, 1.82) is 0 Å². The number of anilines is 3. The Morgan fingerprint density at radius 1 is 1.06 bits per heavy atom. The number of morpholine rings is 1. The Morgan fingerprint density at radius 3 is 2.44 bits per heavy atom. The molecule has 14 nitrogen and oxygen atoms in total. The first-order chi connectivity index (χ1) is 25.9. The van der Waals surface area contributed by atoms with E-state index in [9.17, 15) is 19.2 Å². The van der Waals surface area contributed by atoms with Gasteiger partial charge in [-0.05, 0) is 51.8 Å². The molecule has 2 aromatic carbocycles. The summed E-state index contributed by atoms with van der Waals surface area (Å²) < 4.78 is 55.7. The van der Waals surface area contributed by atoms with Gasteiger partial charge in [-0.15, -0.1) is 0 Å². The molecule has 2 amide bonds.